The van der Waals surface area contributed by atoms with Crippen LogP contribution in [0.2, 0.25) is 0 Å². The van der Waals surface area contributed by atoms with Crippen LogP contribution in [0.15, 0.2) is 52.2 Å². The molecule has 1 amide bonds. The monoisotopic (exact) mass is 243 g/mol. The molecule has 0 saturated carbocycles. The van der Waals surface area contributed by atoms with E-state index >= 15 is 0 Å². The topological polar surface area (TPSA) is 80.6 Å². The van der Waals surface area contributed by atoms with E-state index in [9.17, 15) is 4.79 Å². The van der Waals surface area contributed by atoms with Crippen molar-refractivity contribution in [1.82, 2.24) is 5.43 Å². The van der Waals surface area contributed by atoms with E-state index in [-0.39, 0.29) is 11.7 Å². The van der Waals surface area contributed by atoms with E-state index < -0.39 is 0 Å². The highest BCUT2D eigenvalue weighted by molar-refractivity contribution is 6.00. The Morgan fingerprint density at radius 2 is 2.00 bits per heavy atom. The van der Waals surface area contributed by atoms with Crippen molar-refractivity contribution < 1.29 is 9.21 Å². The Balaban J connectivity index is 2.05. The maximum absolute atomic E-state index is 11.6. The van der Waals surface area contributed by atoms with Crippen molar-refractivity contribution in [2.24, 2.45) is 5.10 Å². The van der Waals surface area contributed by atoms with E-state index in [1.165, 1.54) is 6.26 Å². The molecule has 0 aliphatic carbocycles. The summed E-state index contributed by atoms with van der Waals surface area (Å²) in [5.74, 6) is -0.154. The first-order valence-corrected chi connectivity index (χ1v) is 5.41. The smallest absolute Gasteiger partial charge is 0.307 e. The molecule has 1 heterocycles. The molecular formula is C13H13N3O2. The lowest BCUT2D eigenvalue weighted by Gasteiger charge is -2.02. The van der Waals surface area contributed by atoms with Gasteiger partial charge in [-0.1, -0.05) is 12.1 Å². The second-order valence-corrected chi connectivity index (χ2v) is 3.74. The number of nitrogens with zero attached hydrogens (tertiary/aromatic N) is 1. The molecule has 0 atom stereocenters. The number of anilines is 1. The molecule has 0 aliphatic rings. The van der Waals surface area contributed by atoms with Crippen molar-refractivity contribution in [1.29, 1.82) is 0 Å². The van der Waals surface area contributed by atoms with E-state index in [1.807, 2.05) is 12.1 Å². The summed E-state index contributed by atoms with van der Waals surface area (Å²) >= 11 is 0. The predicted octanol–water partition coefficient (Wildman–Crippen LogP) is 2.02. The highest BCUT2D eigenvalue weighted by atomic mass is 16.3. The third-order valence-corrected chi connectivity index (χ3v) is 2.40. The zero-order chi connectivity index (χ0) is 13.0. The average molecular weight is 243 g/mol. The summed E-state index contributed by atoms with van der Waals surface area (Å²) in [4.78, 5) is 11.6. The number of furan rings is 1. The van der Waals surface area contributed by atoms with E-state index in [0.717, 1.165) is 5.56 Å². The molecule has 5 heteroatoms. The van der Waals surface area contributed by atoms with Crippen molar-refractivity contribution in [3.63, 3.8) is 0 Å². The van der Waals surface area contributed by atoms with Crippen molar-refractivity contribution in [2.75, 3.05) is 5.73 Å². The van der Waals surface area contributed by atoms with E-state index in [2.05, 4.69) is 10.5 Å². The normalized spacial score (nSPS) is 11.3. The zero-order valence-electron chi connectivity index (χ0n) is 9.88. The first kappa shape index (κ1) is 11.9. The minimum atomic E-state index is -0.380. The van der Waals surface area contributed by atoms with E-state index in [0.29, 0.717) is 11.4 Å². The van der Waals surface area contributed by atoms with E-state index in [4.69, 9.17) is 10.2 Å². The number of nitrogen functional groups attached to an aromatic ring is 1. The van der Waals surface area contributed by atoms with Crippen LogP contribution in [0.3, 0.4) is 0 Å². The molecule has 0 spiro atoms. The number of hydrazone groups is 1. The number of hydrogen-bond acceptors (Lipinski definition) is 4. The van der Waals surface area contributed by atoms with Gasteiger partial charge in [0.1, 0.15) is 0 Å². The first-order valence-electron chi connectivity index (χ1n) is 5.41. The van der Waals surface area contributed by atoms with Gasteiger partial charge in [0.25, 0.3) is 0 Å². The maximum Gasteiger partial charge on any atom is 0.307 e. The van der Waals surface area contributed by atoms with Crippen molar-refractivity contribution in [3.8, 4) is 0 Å². The van der Waals surface area contributed by atoms with Gasteiger partial charge in [0, 0.05) is 5.69 Å². The molecule has 0 unspecified atom stereocenters. The number of hydrogen-bond donors (Lipinski definition) is 2. The minimum absolute atomic E-state index is 0.226. The molecule has 0 saturated heterocycles. The number of nitrogens with one attached hydrogen (secondary N) is 1. The molecule has 5 nitrogen and oxygen atoms in total. The summed E-state index contributed by atoms with van der Waals surface area (Å²) < 4.78 is 4.95. The number of carbonyl (C=O) groups is 1. The van der Waals surface area contributed by atoms with Gasteiger partial charge >= 0.3 is 5.91 Å². The second kappa shape index (κ2) is 5.18. The summed E-state index contributed by atoms with van der Waals surface area (Å²) in [7, 11) is 0. The number of nitrogens with two attached hydrogens (primary N) is 1. The Morgan fingerprint density at radius 1 is 1.28 bits per heavy atom. The summed E-state index contributed by atoms with van der Waals surface area (Å²) in [5.41, 5.74) is 10.3. The Morgan fingerprint density at radius 3 is 2.61 bits per heavy atom. The number of carbonyl (C=O) groups excluding carboxylic acids is 1. The van der Waals surface area contributed by atoms with Crippen LogP contribution in [0.25, 0.3) is 0 Å². The standard InChI is InChI=1S/C13H13N3O2/c1-9(10-4-6-11(14)7-5-10)15-16-13(17)12-3-2-8-18-12/h2-8H,14H2,1H3,(H,16,17). The molecular weight excluding hydrogens is 230 g/mol. The second-order valence-electron chi connectivity index (χ2n) is 3.74. The lowest BCUT2D eigenvalue weighted by molar-refractivity contribution is 0.0927. The summed E-state index contributed by atoms with van der Waals surface area (Å²) in [6, 6.07) is 10.5. The molecule has 1 aromatic heterocycles. The maximum atomic E-state index is 11.6. The fourth-order valence-electron chi connectivity index (χ4n) is 1.39. The Labute approximate surface area is 104 Å². The summed E-state index contributed by atoms with van der Waals surface area (Å²) in [6.07, 6.45) is 1.44. The number of benzene rings is 1. The molecule has 1 aromatic carbocycles. The zero-order valence-corrected chi connectivity index (χ0v) is 9.88. The lowest BCUT2D eigenvalue weighted by atomic mass is 10.1. The van der Waals surface area contributed by atoms with Crippen LogP contribution in [0.1, 0.15) is 23.0 Å². The van der Waals surface area contributed by atoms with Gasteiger partial charge in [-0.05, 0) is 36.8 Å². The Bertz CT molecular complexity index is 556. The molecule has 3 N–H and O–H groups in total. The predicted molar refractivity (Wildman–Crippen MR) is 69.2 cm³/mol. The molecule has 0 aliphatic heterocycles. The lowest BCUT2D eigenvalue weighted by Crippen LogP contribution is -2.18. The fourth-order valence-corrected chi connectivity index (χ4v) is 1.39. The molecule has 92 valence electrons. The molecule has 2 aromatic rings. The van der Waals surface area contributed by atoms with Crippen LogP contribution >= 0.6 is 0 Å². The highest BCUT2D eigenvalue weighted by Crippen LogP contribution is 2.06. The van der Waals surface area contributed by atoms with Crippen LogP contribution in [-0.4, -0.2) is 11.6 Å². The summed E-state index contributed by atoms with van der Waals surface area (Å²) in [5, 5.41) is 4.00. The van der Waals surface area contributed by atoms with Crippen LogP contribution < -0.4 is 11.2 Å². The number of rotatable bonds is 3. The SMILES string of the molecule is CC(=NNC(=O)c1ccco1)c1ccc(N)cc1. The van der Waals surface area contributed by atoms with Crippen LogP contribution in [0.5, 0.6) is 0 Å². The summed E-state index contributed by atoms with van der Waals surface area (Å²) in [6.45, 7) is 1.80. The van der Waals surface area contributed by atoms with Gasteiger partial charge in [-0.25, -0.2) is 5.43 Å². The Hall–Kier alpha value is -2.56. The molecule has 0 bridgehead atoms. The molecule has 2 rings (SSSR count). The Kier molecular flexibility index (Phi) is 3.43. The van der Waals surface area contributed by atoms with Gasteiger partial charge in [0.05, 0.1) is 12.0 Å². The van der Waals surface area contributed by atoms with Gasteiger partial charge in [-0.3, -0.25) is 4.79 Å². The van der Waals surface area contributed by atoms with Crippen LogP contribution in [0.4, 0.5) is 5.69 Å². The van der Waals surface area contributed by atoms with Crippen molar-refractivity contribution >= 4 is 17.3 Å². The molecule has 18 heavy (non-hydrogen) atoms. The molecule has 0 fully saturated rings. The fraction of sp³-hybridized carbons (Fsp3) is 0.0769. The van der Waals surface area contributed by atoms with Gasteiger partial charge in [0.15, 0.2) is 5.76 Å². The highest BCUT2D eigenvalue weighted by Gasteiger charge is 2.06. The van der Waals surface area contributed by atoms with Crippen LogP contribution in [-0.2, 0) is 0 Å². The van der Waals surface area contributed by atoms with Gasteiger partial charge in [-0.15, -0.1) is 0 Å². The number of amides is 1. The third-order valence-electron chi connectivity index (χ3n) is 2.40. The van der Waals surface area contributed by atoms with Gasteiger partial charge < -0.3 is 10.2 Å². The third kappa shape index (κ3) is 2.76. The largest absolute Gasteiger partial charge is 0.459 e. The van der Waals surface area contributed by atoms with E-state index in [1.54, 1.807) is 31.2 Å². The molecule has 0 radical (unpaired) electrons. The average Bonchev–Trinajstić information content (AvgIpc) is 2.90. The van der Waals surface area contributed by atoms with Gasteiger partial charge in [-0.2, -0.15) is 5.10 Å². The van der Waals surface area contributed by atoms with Crippen LogP contribution in [0, 0.1) is 0 Å². The van der Waals surface area contributed by atoms with Crippen molar-refractivity contribution in [2.45, 2.75) is 6.92 Å². The quantitative estimate of drug-likeness (QED) is 0.491. The minimum Gasteiger partial charge on any atom is -0.459 e. The van der Waals surface area contributed by atoms with Crippen molar-refractivity contribution in [3.05, 3.63) is 54.0 Å². The van der Waals surface area contributed by atoms with Gasteiger partial charge in [0.2, 0.25) is 0 Å². The first-order chi connectivity index (χ1) is 8.66.